The van der Waals surface area contributed by atoms with E-state index in [9.17, 15) is 4.79 Å². The van der Waals surface area contributed by atoms with Gasteiger partial charge in [0.2, 0.25) is 5.88 Å². The third-order valence-electron chi connectivity index (χ3n) is 3.63. The Hall–Kier alpha value is -2.57. The maximum Gasteiger partial charge on any atom is 0.271 e. The largest absolute Gasteiger partial charge is 0.473 e. The van der Waals surface area contributed by atoms with Crippen LogP contribution in [0.3, 0.4) is 0 Å². The SMILES string of the molecule is O=C(NC1CCC(Oc2cnccn2)CC1)c1cnccn1. The number of aromatic nitrogens is 4. The number of nitrogens with one attached hydrogen (secondary N) is 1. The van der Waals surface area contributed by atoms with Crippen LogP contribution >= 0.6 is 0 Å². The predicted octanol–water partition coefficient (Wildman–Crippen LogP) is 1.39. The number of nitrogens with zero attached hydrogens (tertiary/aromatic N) is 4. The monoisotopic (exact) mass is 299 g/mol. The van der Waals surface area contributed by atoms with Crippen molar-refractivity contribution in [3.8, 4) is 5.88 Å². The average Bonchev–Trinajstić information content (AvgIpc) is 2.58. The number of hydrogen-bond donors (Lipinski definition) is 1. The molecule has 0 aliphatic heterocycles. The smallest absolute Gasteiger partial charge is 0.271 e. The summed E-state index contributed by atoms with van der Waals surface area (Å²) in [5.74, 6) is 0.376. The minimum atomic E-state index is -0.175. The van der Waals surface area contributed by atoms with Gasteiger partial charge in [0, 0.05) is 30.8 Å². The van der Waals surface area contributed by atoms with Crippen molar-refractivity contribution in [1.29, 1.82) is 0 Å². The minimum Gasteiger partial charge on any atom is -0.473 e. The van der Waals surface area contributed by atoms with Crippen molar-refractivity contribution < 1.29 is 9.53 Å². The van der Waals surface area contributed by atoms with E-state index in [1.54, 1.807) is 24.8 Å². The molecule has 1 saturated carbocycles. The lowest BCUT2D eigenvalue weighted by Gasteiger charge is -2.28. The Morgan fingerprint density at radius 1 is 1.00 bits per heavy atom. The van der Waals surface area contributed by atoms with Crippen LogP contribution in [0.4, 0.5) is 0 Å². The van der Waals surface area contributed by atoms with E-state index in [0.717, 1.165) is 25.7 Å². The zero-order valence-electron chi connectivity index (χ0n) is 12.1. The van der Waals surface area contributed by atoms with Crippen LogP contribution < -0.4 is 10.1 Å². The molecule has 0 radical (unpaired) electrons. The van der Waals surface area contributed by atoms with E-state index in [1.165, 1.54) is 12.4 Å². The first-order valence-corrected chi connectivity index (χ1v) is 7.31. The van der Waals surface area contributed by atoms with Crippen LogP contribution in [0.15, 0.2) is 37.2 Å². The van der Waals surface area contributed by atoms with E-state index in [-0.39, 0.29) is 18.1 Å². The molecule has 0 aromatic carbocycles. The molecule has 22 heavy (non-hydrogen) atoms. The van der Waals surface area contributed by atoms with Gasteiger partial charge < -0.3 is 10.1 Å². The maximum absolute atomic E-state index is 12.0. The maximum atomic E-state index is 12.0. The minimum absolute atomic E-state index is 0.126. The molecular weight excluding hydrogens is 282 g/mol. The number of amides is 1. The van der Waals surface area contributed by atoms with Gasteiger partial charge in [0.1, 0.15) is 11.8 Å². The lowest BCUT2D eigenvalue weighted by Crippen LogP contribution is -2.40. The van der Waals surface area contributed by atoms with Gasteiger partial charge in [-0.25, -0.2) is 9.97 Å². The molecule has 3 rings (SSSR count). The predicted molar refractivity (Wildman–Crippen MR) is 78.2 cm³/mol. The van der Waals surface area contributed by atoms with Gasteiger partial charge in [-0.15, -0.1) is 0 Å². The van der Waals surface area contributed by atoms with E-state index in [4.69, 9.17) is 4.74 Å². The van der Waals surface area contributed by atoms with Crippen LogP contribution in [0, 0.1) is 0 Å². The molecule has 2 heterocycles. The fourth-order valence-corrected chi connectivity index (χ4v) is 2.52. The summed E-state index contributed by atoms with van der Waals surface area (Å²) in [6.07, 6.45) is 13.0. The Labute approximate surface area is 128 Å². The first-order valence-electron chi connectivity index (χ1n) is 7.31. The molecule has 2 aromatic rings. The van der Waals surface area contributed by atoms with Crippen molar-refractivity contribution in [1.82, 2.24) is 25.3 Å². The van der Waals surface area contributed by atoms with Gasteiger partial charge in [0.25, 0.3) is 5.91 Å². The summed E-state index contributed by atoms with van der Waals surface area (Å²) in [7, 11) is 0. The van der Waals surface area contributed by atoms with Gasteiger partial charge >= 0.3 is 0 Å². The quantitative estimate of drug-likeness (QED) is 0.917. The molecule has 0 bridgehead atoms. The highest BCUT2D eigenvalue weighted by molar-refractivity contribution is 5.92. The van der Waals surface area contributed by atoms with Crippen LogP contribution in [0.25, 0.3) is 0 Å². The topological polar surface area (TPSA) is 89.9 Å². The second-order valence-corrected chi connectivity index (χ2v) is 5.20. The fraction of sp³-hybridized carbons (Fsp3) is 0.400. The molecule has 0 saturated heterocycles. The second-order valence-electron chi connectivity index (χ2n) is 5.20. The third kappa shape index (κ3) is 3.75. The van der Waals surface area contributed by atoms with Gasteiger partial charge in [-0.1, -0.05) is 0 Å². The first-order chi connectivity index (χ1) is 10.8. The molecule has 0 spiro atoms. The fourth-order valence-electron chi connectivity index (χ4n) is 2.52. The zero-order chi connectivity index (χ0) is 15.2. The van der Waals surface area contributed by atoms with Gasteiger partial charge in [-0.3, -0.25) is 14.8 Å². The molecule has 1 aliphatic carbocycles. The number of carbonyl (C=O) groups excluding carboxylic acids is 1. The highest BCUT2D eigenvalue weighted by atomic mass is 16.5. The molecule has 7 nitrogen and oxygen atoms in total. The molecule has 1 fully saturated rings. The Morgan fingerprint density at radius 3 is 2.36 bits per heavy atom. The van der Waals surface area contributed by atoms with Crippen LogP contribution in [0.1, 0.15) is 36.2 Å². The highest BCUT2D eigenvalue weighted by Gasteiger charge is 2.24. The van der Waals surface area contributed by atoms with E-state index in [2.05, 4.69) is 25.3 Å². The Balaban J connectivity index is 1.47. The van der Waals surface area contributed by atoms with Crippen LogP contribution in [0.2, 0.25) is 0 Å². The molecule has 1 amide bonds. The van der Waals surface area contributed by atoms with Gasteiger partial charge in [-0.2, -0.15) is 0 Å². The number of ether oxygens (including phenoxy) is 1. The summed E-state index contributed by atoms with van der Waals surface area (Å²) in [6, 6.07) is 0.149. The lowest BCUT2D eigenvalue weighted by molar-refractivity contribution is 0.0884. The lowest BCUT2D eigenvalue weighted by atomic mass is 9.93. The molecular formula is C15H17N5O2. The molecule has 114 valence electrons. The Morgan fingerprint density at radius 2 is 1.73 bits per heavy atom. The first kappa shape index (κ1) is 14.4. The van der Waals surface area contributed by atoms with Crippen molar-refractivity contribution in [3.63, 3.8) is 0 Å². The summed E-state index contributed by atoms with van der Waals surface area (Å²) in [4.78, 5) is 28.0. The summed E-state index contributed by atoms with van der Waals surface area (Å²) < 4.78 is 5.78. The summed E-state index contributed by atoms with van der Waals surface area (Å²) >= 11 is 0. The van der Waals surface area contributed by atoms with E-state index >= 15 is 0 Å². The summed E-state index contributed by atoms with van der Waals surface area (Å²) in [5.41, 5.74) is 0.348. The standard InChI is InChI=1S/C15H17N5O2/c21-15(13-9-16-5-7-18-13)20-11-1-3-12(4-2-11)22-14-10-17-6-8-19-14/h5-12H,1-4H2,(H,20,21). The van der Waals surface area contributed by atoms with Crippen molar-refractivity contribution >= 4 is 5.91 Å². The number of hydrogen-bond acceptors (Lipinski definition) is 6. The van der Waals surface area contributed by atoms with Gasteiger partial charge in [0.05, 0.1) is 12.4 Å². The third-order valence-corrected chi connectivity index (χ3v) is 3.63. The molecule has 1 N–H and O–H groups in total. The summed E-state index contributed by atoms with van der Waals surface area (Å²) in [6.45, 7) is 0. The van der Waals surface area contributed by atoms with Crippen LogP contribution in [-0.4, -0.2) is 38.0 Å². The second kappa shape index (κ2) is 6.93. The van der Waals surface area contributed by atoms with E-state index in [1.807, 2.05) is 0 Å². The highest BCUT2D eigenvalue weighted by Crippen LogP contribution is 2.22. The molecule has 7 heteroatoms. The van der Waals surface area contributed by atoms with Crippen LogP contribution in [-0.2, 0) is 0 Å². The number of rotatable bonds is 4. The number of carbonyl (C=O) groups is 1. The van der Waals surface area contributed by atoms with Crippen molar-refractivity contribution in [2.75, 3.05) is 0 Å². The van der Waals surface area contributed by atoms with Gasteiger partial charge in [0.15, 0.2) is 0 Å². The zero-order valence-corrected chi connectivity index (χ0v) is 12.1. The summed E-state index contributed by atoms with van der Waals surface area (Å²) in [5, 5.41) is 2.99. The van der Waals surface area contributed by atoms with E-state index in [0.29, 0.717) is 11.6 Å². The Bertz CT molecular complexity index is 600. The van der Waals surface area contributed by atoms with E-state index < -0.39 is 0 Å². The molecule has 0 unspecified atom stereocenters. The normalized spacial score (nSPS) is 21.1. The van der Waals surface area contributed by atoms with Crippen molar-refractivity contribution in [3.05, 3.63) is 42.9 Å². The van der Waals surface area contributed by atoms with Crippen molar-refractivity contribution in [2.45, 2.75) is 37.8 Å². The average molecular weight is 299 g/mol. The molecule has 0 atom stereocenters. The van der Waals surface area contributed by atoms with Crippen molar-refractivity contribution in [2.24, 2.45) is 0 Å². The molecule has 2 aromatic heterocycles. The van der Waals surface area contributed by atoms with Crippen LogP contribution in [0.5, 0.6) is 5.88 Å². The molecule has 1 aliphatic rings. The van der Waals surface area contributed by atoms with Gasteiger partial charge in [-0.05, 0) is 25.7 Å². The Kier molecular flexibility index (Phi) is 4.53.